The van der Waals surface area contributed by atoms with Crippen molar-refractivity contribution in [2.24, 2.45) is 17.8 Å². The highest BCUT2D eigenvalue weighted by atomic mass is 16.6. The van der Waals surface area contributed by atoms with Crippen molar-refractivity contribution in [3.8, 4) is 23.0 Å². The van der Waals surface area contributed by atoms with Crippen LogP contribution in [0.2, 0.25) is 0 Å². The Morgan fingerprint density at radius 3 is 2.42 bits per heavy atom. The minimum atomic E-state index is -0.436. The topological polar surface area (TPSA) is 60.4 Å². The van der Waals surface area contributed by atoms with Gasteiger partial charge in [0.15, 0.2) is 11.5 Å². The summed E-state index contributed by atoms with van der Waals surface area (Å²) in [6, 6.07) is 15.2. The van der Waals surface area contributed by atoms with E-state index in [1.807, 2.05) is 30.3 Å². The Kier molecular flexibility index (Phi) is 11.4. The van der Waals surface area contributed by atoms with Crippen LogP contribution in [0.5, 0.6) is 23.0 Å². The van der Waals surface area contributed by atoms with Crippen LogP contribution in [-0.4, -0.2) is 61.7 Å². The number of hydrogen-bond donors (Lipinski definition) is 1. The first kappa shape index (κ1) is 30.5. The fourth-order valence-corrected chi connectivity index (χ4v) is 6.71. The molecule has 2 aromatic rings. The molecule has 0 saturated carbocycles. The maximum Gasteiger partial charge on any atom is 0.161 e. The molecule has 2 aliphatic rings. The molecule has 2 aliphatic heterocycles. The van der Waals surface area contributed by atoms with Gasteiger partial charge in [0, 0.05) is 25.0 Å². The monoisotopic (exact) mass is 553 g/mol. The SMILES string of the molecule is CCC(C(O)CCOc1ccc(OC)cc1)C(Cc1ccc2c(c1)OCCO2)CN1C(C)CCCC1CC(C)C. The lowest BCUT2D eigenvalue weighted by molar-refractivity contribution is 0.00881. The molecule has 1 N–H and O–H groups in total. The van der Waals surface area contributed by atoms with E-state index < -0.39 is 6.10 Å². The molecule has 0 amide bonds. The van der Waals surface area contributed by atoms with Gasteiger partial charge in [-0.05, 0) is 92.3 Å². The fourth-order valence-electron chi connectivity index (χ4n) is 6.71. The van der Waals surface area contributed by atoms with E-state index in [1.54, 1.807) is 7.11 Å². The summed E-state index contributed by atoms with van der Waals surface area (Å²) in [6.07, 6.45) is 7.07. The summed E-state index contributed by atoms with van der Waals surface area (Å²) in [5, 5.41) is 11.6. The van der Waals surface area contributed by atoms with Gasteiger partial charge in [0.2, 0.25) is 0 Å². The standard InChI is InChI=1S/C34H51NO5/c1-6-31(32(36)16-17-38-30-13-11-29(37-5)12-14-30)27(21-26-10-15-33-34(22-26)40-19-18-39-33)23-35-25(4)8-7-9-28(35)20-24(2)3/h10-15,22,24-25,27-28,31-32,36H,6-9,16-21,23H2,1-5H3. The zero-order chi connectivity index (χ0) is 28.5. The molecule has 5 atom stereocenters. The maximum atomic E-state index is 11.6. The summed E-state index contributed by atoms with van der Waals surface area (Å²) >= 11 is 0. The lowest BCUT2D eigenvalue weighted by Gasteiger charge is -2.45. The molecule has 0 bridgehead atoms. The number of likely N-dealkylation sites (tertiary alicyclic amines) is 1. The van der Waals surface area contributed by atoms with E-state index in [9.17, 15) is 5.11 Å². The summed E-state index contributed by atoms with van der Waals surface area (Å²) in [6.45, 7) is 12.0. The molecular formula is C34H51NO5. The van der Waals surface area contributed by atoms with Gasteiger partial charge in [-0.1, -0.05) is 39.7 Å². The number of aliphatic hydroxyl groups is 1. The smallest absolute Gasteiger partial charge is 0.161 e. The van der Waals surface area contributed by atoms with Crippen molar-refractivity contribution in [2.75, 3.05) is 33.5 Å². The second-order valence-corrected chi connectivity index (χ2v) is 12.2. The van der Waals surface area contributed by atoms with Gasteiger partial charge in [0.25, 0.3) is 0 Å². The molecule has 4 rings (SSSR count). The predicted molar refractivity (Wildman–Crippen MR) is 161 cm³/mol. The molecule has 222 valence electrons. The molecule has 2 heterocycles. The van der Waals surface area contributed by atoms with Gasteiger partial charge in [-0.15, -0.1) is 0 Å². The van der Waals surface area contributed by atoms with Crippen molar-refractivity contribution < 1.29 is 24.1 Å². The number of rotatable bonds is 14. The molecule has 2 aromatic carbocycles. The largest absolute Gasteiger partial charge is 0.497 e. The lowest BCUT2D eigenvalue weighted by Crippen LogP contribution is -2.50. The first-order valence-corrected chi connectivity index (χ1v) is 15.5. The van der Waals surface area contributed by atoms with E-state index >= 15 is 0 Å². The van der Waals surface area contributed by atoms with Crippen molar-refractivity contribution in [3.63, 3.8) is 0 Å². The number of benzene rings is 2. The van der Waals surface area contributed by atoms with Gasteiger partial charge in [-0.2, -0.15) is 0 Å². The molecule has 40 heavy (non-hydrogen) atoms. The molecule has 0 aromatic heterocycles. The number of methoxy groups -OCH3 is 1. The van der Waals surface area contributed by atoms with Crippen LogP contribution in [0.3, 0.4) is 0 Å². The van der Waals surface area contributed by atoms with Crippen LogP contribution >= 0.6 is 0 Å². The van der Waals surface area contributed by atoms with E-state index in [0.717, 1.165) is 42.4 Å². The van der Waals surface area contributed by atoms with E-state index in [-0.39, 0.29) is 5.92 Å². The van der Waals surface area contributed by atoms with Crippen LogP contribution in [-0.2, 0) is 6.42 Å². The van der Waals surface area contributed by atoms with Crippen LogP contribution in [0.25, 0.3) is 0 Å². The number of piperidine rings is 1. The lowest BCUT2D eigenvalue weighted by atomic mass is 9.78. The number of hydrogen-bond acceptors (Lipinski definition) is 6. The van der Waals surface area contributed by atoms with Gasteiger partial charge in [0.05, 0.1) is 19.8 Å². The molecule has 0 radical (unpaired) electrons. The number of aliphatic hydroxyl groups excluding tert-OH is 1. The Labute approximate surface area is 242 Å². The highest BCUT2D eigenvalue weighted by molar-refractivity contribution is 5.44. The van der Waals surface area contributed by atoms with Crippen LogP contribution in [0.15, 0.2) is 42.5 Å². The summed E-state index contributed by atoms with van der Waals surface area (Å²) in [4.78, 5) is 2.77. The second-order valence-electron chi connectivity index (χ2n) is 12.2. The molecule has 1 fully saturated rings. The summed E-state index contributed by atoms with van der Waals surface area (Å²) in [5.74, 6) is 4.44. The summed E-state index contributed by atoms with van der Waals surface area (Å²) in [5.41, 5.74) is 1.25. The third-order valence-corrected chi connectivity index (χ3v) is 8.80. The Hall–Kier alpha value is -2.44. The average Bonchev–Trinajstić information content (AvgIpc) is 2.95. The third-order valence-electron chi connectivity index (χ3n) is 8.80. The van der Waals surface area contributed by atoms with E-state index in [2.05, 4.69) is 44.7 Å². The van der Waals surface area contributed by atoms with Crippen LogP contribution in [0.1, 0.15) is 71.8 Å². The number of ether oxygens (including phenoxy) is 4. The average molecular weight is 554 g/mol. The van der Waals surface area contributed by atoms with Crippen LogP contribution < -0.4 is 18.9 Å². The molecule has 5 unspecified atom stereocenters. The quantitative estimate of drug-likeness (QED) is 0.279. The maximum absolute atomic E-state index is 11.6. The Morgan fingerprint density at radius 2 is 1.73 bits per heavy atom. The van der Waals surface area contributed by atoms with Crippen LogP contribution in [0.4, 0.5) is 0 Å². The molecule has 1 saturated heterocycles. The van der Waals surface area contributed by atoms with Crippen molar-refractivity contribution in [1.29, 1.82) is 0 Å². The van der Waals surface area contributed by atoms with Crippen molar-refractivity contribution in [1.82, 2.24) is 4.90 Å². The second kappa shape index (κ2) is 15.0. The van der Waals surface area contributed by atoms with E-state index in [0.29, 0.717) is 50.2 Å². The van der Waals surface area contributed by atoms with E-state index in [4.69, 9.17) is 18.9 Å². The zero-order valence-electron chi connectivity index (χ0n) is 25.3. The zero-order valence-corrected chi connectivity index (χ0v) is 25.3. The summed E-state index contributed by atoms with van der Waals surface area (Å²) < 4.78 is 22.9. The van der Waals surface area contributed by atoms with Crippen molar-refractivity contribution in [2.45, 2.75) is 90.8 Å². The van der Waals surface area contributed by atoms with Gasteiger partial charge in [0.1, 0.15) is 24.7 Å². The number of fused-ring (bicyclic) bond motifs is 1. The normalized spacial score (nSPS) is 21.6. The Bertz CT molecular complexity index is 1030. The molecule has 6 nitrogen and oxygen atoms in total. The molecule has 6 heteroatoms. The highest BCUT2D eigenvalue weighted by Crippen LogP contribution is 2.36. The van der Waals surface area contributed by atoms with Crippen LogP contribution in [0, 0.1) is 17.8 Å². The van der Waals surface area contributed by atoms with Crippen molar-refractivity contribution >= 4 is 0 Å². The Balaban J connectivity index is 1.49. The fraction of sp³-hybridized carbons (Fsp3) is 0.647. The van der Waals surface area contributed by atoms with Gasteiger partial charge < -0.3 is 24.1 Å². The minimum Gasteiger partial charge on any atom is -0.497 e. The third kappa shape index (κ3) is 8.29. The van der Waals surface area contributed by atoms with E-state index in [1.165, 1.54) is 31.2 Å². The molecular weight excluding hydrogens is 502 g/mol. The highest BCUT2D eigenvalue weighted by Gasteiger charge is 2.34. The predicted octanol–water partition coefficient (Wildman–Crippen LogP) is 6.77. The Morgan fingerprint density at radius 1 is 1.00 bits per heavy atom. The first-order valence-electron chi connectivity index (χ1n) is 15.5. The number of nitrogens with zero attached hydrogens (tertiary/aromatic N) is 1. The molecule has 0 aliphatic carbocycles. The van der Waals surface area contributed by atoms with Crippen molar-refractivity contribution in [3.05, 3.63) is 48.0 Å². The molecule has 0 spiro atoms. The minimum absolute atomic E-state index is 0.168. The first-order chi connectivity index (χ1) is 19.4. The van der Waals surface area contributed by atoms with Gasteiger partial charge in [-0.25, -0.2) is 0 Å². The summed E-state index contributed by atoms with van der Waals surface area (Å²) in [7, 11) is 1.66. The van der Waals surface area contributed by atoms with Gasteiger partial charge >= 0.3 is 0 Å². The van der Waals surface area contributed by atoms with Gasteiger partial charge in [-0.3, -0.25) is 4.90 Å².